The fourth-order valence-electron chi connectivity index (χ4n) is 1.42. The molecule has 0 radical (unpaired) electrons. The number of aryl methyl sites for hydroxylation is 1. The van der Waals surface area contributed by atoms with Gasteiger partial charge in [-0.15, -0.1) is 12.3 Å². The summed E-state index contributed by atoms with van der Waals surface area (Å²) < 4.78 is 1.58. The first kappa shape index (κ1) is 13.1. The van der Waals surface area contributed by atoms with Crippen LogP contribution < -0.4 is 11.1 Å². The molecule has 1 amide bonds. The fraction of sp³-hybridized carbons (Fsp3) is 0.500. The van der Waals surface area contributed by atoms with E-state index in [1.807, 2.05) is 0 Å². The molecule has 5 heteroatoms. The van der Waals surface area contributed by atoms with Crippen LogP contribution in [0.3, 0.4) is 0 Å². The summed E-state index contributed by atoms with van der Waals surface area (Å²) in [5, 5.41) is 6.80. The second-order valence-corrected chi connectivity index (χ2v) is 3.87. The van der Waals surface area contributed by atoms with Crippen LogP contribution in [0.2, 0.25) is 0 Å². The lowest BCUT2D eigenvalue weighted by Gasteiger charge is -2.04. The Morgan fingerprint density at radius 2 is 2.41 bits per heavy atom. The molecule has 0 spiro atoms. The Kier molecular flexibility index (Phi) is 5.08. The maximum Gasteiger partial charge on any atom is 0.220 e. The van der Waals surface area contributed by atoms with Gasteiger partial charge in [-0.05, 0) is 12.8 Å². The third-order valence-corrected chi connectivity index (χ3v) is 2.52. The zero-order chi connectivity index (χ0) is 12.7. The lowest BCUT2D eigenvalue weighted by molar-refractivity contribution is -0.121. The molecular formula is C12H18N4O. The molecule has 0 aliphatic heterocycles. The first-order valence-electron chi connectivity index (χ1n) is 5.61. The lowest BCUT2D eigenvalue weighted by atomic mass is 10.2. The topological polar surface area (TPSA) is 72.9 Å². The molecule has 0 saturated heterocycles. The van der Waals surface area contributed by atoms with Crippen molar-refractivity contribution in [1.29, 1.82) is 0 Å². The van der Waals surface area contributed by atoms with Gasteiger partial charge >= 0.3 is 0 Å². The van der Waals surface area contributed by atoms with E-state index in [0.717, 1.165) is 24.8 Å². The average molecular weight is 234 g/mol. The van der Waals surface area contributed by atoms with E-state index in [9.17, 15) is 4.79 Å². The minimum absolute atomic E-state index is 0.0188. The number of nitrogens with two attached hydrogens (primary N) is 1. The number of nitrogen functional groups attached to an aromatic ring is 1. The third-order valence-electron chi connectivity index (χ3n) is 2.52. The Hall–Kier alpha value is -1.96. The van der Waals surface area contributed by atoms with Crippen molar-refractivity contribution in [3.63, 3.8) is 0 Å². The number of amides is 1. The van der Waals surface area contributed by atoms with Crippen LogP contribution in [0.4, 0.5) is 5.82 Å². The summed E-state index contributed by atoms with van der Waals surface area (Å²) in [6.45, 7) is 0.424. The Morgan fingerprint density at radius 1 is 1.65 bits per heavy atom. The van der Waals surface area contributed by atoms with Crippen LogP contribution in [0.5, 0.6) is 0 Å². The number of terminal acetylenes is 1. The van der Waals surface area contributed by atoms with Gasteiger partial charge < -0.3 is 11.1 Å². The number of nitrogens with one attached hydrogen (secondary N) is 1. The van der Waals surface area contributed by atoms with Crippen molar-refractivity contribution in [3.8, 4) is 12.3 Å². The van der Waals surface area contributed by atoms with Crippen molar-refractivity contribution in [2.45, 2.75) is 32.2 Å². The van der Waals surface area contributed by atoms with E-state index < -0.39 is 0 Å². The van der Waals surface area contributed by atoms with Crippen LogP contribution in [-0.4, -0.2) is 15.7 Å². The fourth-order valence-corrected chi connectivity index (χ4v) is 1.42. The second kappa shape index (κ2) is 6.59. The maximum atomic E-state index is 11.5. The van der Waals surface area contributed by atoms with Gasteiger partial charge in [0.05, 0.1) is 6.20 Å². The number of hydrogen-bond donors (Lipinski definition) is 2. The van der Waals surface area contributed by atoms with Crippen LogP contribution in [-0.2, 0) is 18.4 Å². The average Bonchev–Trinajstić information content (AvgIpc) is 2.63. The van der Waals surface area contributed by atoms with E-state index in [4.69, 9.17) is 12.2 Å². The van der Waals surface area contributed by atoms with E-state index in [-0.39, 0.29) is 5.91 Å². The smallest absolute Gasteiger partial charge is 0.220 e. The summed E-state index contributed by atoms with van der Waals surface area (Å²) in [7, 11) is 1.76. The normalized spacial score (nSPS) is 9.88. The van der Waals surface area contributed by atoms with Gasteiger partial charge in [-0.1, -0.05) is 0 Å². The van der Waals surface area contributed by atoms with E-state index >= 15 is 0 Å². The number of aromatic nitrogens is 2. The van der Waals surface area contributed by atoms with Gasteiger partial charge in [-0.25, -0.2) is 0 Å². The molecule has 3 N–H and O–H groups in total. The van der Waals surface area contributed by atoms with E-state index in [1.165, 1.54) is 0 Å². The van der Waals surface area contributed by atoms with Crippen LogP contribution in [0.15, 0.2) is 6.20 Å². The summed E-state index contributed by atoms with van der Waals surface area (Å²) in [6, 6.07) is 0. The number of carbonyl (C=O) groups excluding carboxylic acids is 1. The molecule has 1 heterocycles. The molecule has 1 aromatic rings. The highest BCUT2D eigenvalue weighted by Gasteiger charge is 2.06. The molecule has 0 aliphatic rings. The highest BCUT2D eigenvalue weighted by molar-refractivity contribution is 5.75. The quantitative estimate of drug-likeness (QED) is 0.565. The van der Waals surface area contributed by atoms with E-state index in [2.05, 4.69) is 16.3 Å². The highest BCUT2D eigenvalue weighted by Crippen LogP contribution is 2.08. The second-order valence-electron chi connectivity index (χ2n) is 3.87. The molecule has 1 aromatic heterocycles. The lowest BCUT2D eigenvalue weighted by Crippen LogP contribution is -2.22. The van der Waals surface area contributed by atoms with Crippen LogP contribution in [0, 0.1) is 12.3 Å². The molecule has 1 rings (SSSR count). The summed E-state index contributed by atoms with van der Waals surface area (Å²) >= 11 is 0. The predicted molar refractivity (Wildman–Crippen MR) is 66.8 cm³/mol. The van der Waals surface area contributed by atoms with Gasteiger partial charge in [0.1, 0.15) is 5.82 Å². The Balaban J connectivity index is 2.24. The largest absolute Gasteiger partial charge is 0.384 e. The minimum atomic E-state index is 0.0188. The van der Waals surface area contributed by atoms with Crippen molar-refractivity contribution in [2.24, 2.45) is 7.05 Å². The summed E-state index contributed by atoms with van der Waals surface area (Å²) in [4.78, 5) is 11.5. The van der Waals surface area contributed by atoms with Gasteiger partial charge in [0.25, 0.3) is 0 Å². The van der Waals surface area contributed by atoms with Crippen molar-refractivity contribution in [3.05, 3.63) is 11.8 Å². The third kappa shape index (κ3) is 4.19. The maximum absolute atomic E-state index is 11.5. The molecule has 5 nitrogen and oxygen atoms in total. The number of rotatable bonds is 6. The summed E-state index contributed by atoms with van der Waals surface area (Å²) in [5.41, 5.74) is 6.59. The molecule has 0 aliphatic carbocycles. The molecule has 0 unspecified atom stereocenters. The molecule has 0 fully saturated rings. The molecule has 0 saturated carbocycles. The Morgan fingerprint density at radius 3 is 3.00 bits per heavy atom. The van der Waals surface area contributed by atoms with Crippen molar-refractivity contribution >= 4 is 11.7 Å². The molecule has 0 atom stereocenters. The van der Waals surface area contributed by atoms with Crippen molar-refractivity contribution < 1.29 is 4.79 Å². The van der Waals surface area contributed by atoms with Crippen LogP contribution >= 0.6 is 0 Å². The Bertz CT molecular complexity index is 417. The monoisotopic (exact) mass is 234 g/mol. The van der Waals surface area contributed by atoms with Crippen LogP contribution in [0.1, 0.15) is 31.2 Å². The molecule has 0 aromatic carbocycles. The van der Waals surface area contributed by atoms with Gasteiger partial charge in [0.2, 0.25) is 5.91 Å². The van der Waals surface area contributed by atoms with Crippen molar-refractivity contribution in [1.82, 2.24) is 15.1 Å². The SMILES string of the molecule is C#CCCCCC(=O)NCc1cnn(C)c1N. The molecule has 92 valence electrons. The van der Waals surface area contributed by atoms with E-state index in [1.54, 1.807) is 17.9 Å². The van der Waals surface area contributed by atoms with Gasteiger partial charge in [0, 0.05) is 32.0 Å². The zero-order valence-corrected chi connectivity index (χ0v) is 10.1. The highest BCUT2D eigenvalue weighted by atomic mass is 16.1. The molecule has 17 heavy (non-hydrogen) atoms. The standard InChI is InChI=1S/C12H18N4O/c1-3-4-5-6-7-11(17)14-8-10-9-15-16(2)12(10)13/h1,9H,4-8,13H2,2H3,(H,14,17). The van der Waals surface area contributed by atoms with E-state index in [0.29, 0.717) is 18.8 Å². The van der Waals surface area contributed by atoms with Gasteiger partial charge in [-0.3, -0.25) is 9.48 Å². The number of anilines is 1. The zero-order valence-electron chi connectivity index (χ0n) is 10.1. The van der Waals surface area contributed by atoms with Crippen molar-refractivity contribution in [2.75, 3.05) is 5.73 Å². The Labute approximate surface area is 101 Å². The first-order valence-corrected chi connectivity index (χ1v) is 5.61. The number of unbranched alkanes of at least 4 members (excludes halogenated alkanes) is 2. The first-order chi connectivity index (χ1) is 8.15. The van der Waals surface area contributed by atoms with Gasteiger partial charge in [-0.2, -0.15) is 5.10 Å². The molecule has 0 bridgehead atoms. The number of hydrogen-bond acceptors (Lipinski definition) is 3. The summed E-state index contributed by atoms with van der Waals surface area (Å²) in [5.74, 6) is 3.15. The number of carbonyl (C=O) groups is 1. The predicted octanol–water partition coefficient (Wildman–Crippen LogP) is 0.812. The minimum Gasteiger partial charge on any atom is -0.384 e. The van der Waals surface area contributed by atoms with Gasteiger partial charge in [0.15, 0.2) is 0 Å². The summed E-state index contributed by atoms with van der Waals surface area (Å²) in [6.07, 6.45) is 9.72. The molecular weight excluding hydrogens is 216 g/mol. The number of nitrogens with zero attached hydrogens (tertiary/aromatic N) is 2. The van der Waals surface area contributed by atoms with Crippen LogP contribution in [0.25, 0.3) is 0 Å².